The Morgan fingerprint density at radius 3 is 2.46 bits per heavy atom. The van der Waals surface area contributed by atoms with Gasteiger partial charge in [-0.3, -0.25) is 4.79 Å². The molecule has 1 amide bonds. The second-order valence-electron chi connectivity index (χ2n) is 6.18. The summed E-state index contributed by atoms with van der Waals surface area (Å²) < 4.78 is 43.8. The summed E-state index contributed by atoms with van der Waals surface area (Å²) in [6.07, 6.45) is 0.875. The first-order valence-corrected chi connectivity index (χ1v) is 8.43. The highest BCUT2D eigenvalue weighted by Crippen LogP contribution is 2.33. The largest absolute Gasteiger partial charge is 0.457 e. The number of benzene rings is 3. The SMILES string of the molecule is C#C[C@H](C)NC(=O)c1ccc2c(Oc3ccc(C(F)(F)F)cc3)cccc2c1. The summed E-state index contributed by atoms with van der Waals surface area (Å²) in [5.41, 5.74) is -0.295. The van der Waals surface area contributed by atoms with Gasteiger partial charge in [0, 0.05) is 10.9 Å². The standard InChI is InChI=1S/C22H16F3NO2/c1-3-14(2)26-21(27)16-7-12-19-15(13-16)5-4-6-20(19)28-18-10-8-17(9-11-18)22(23,24)25/h1,4-14H,2H3,(H,26,27)/t14-/m0/s1. The molecule has 3 aromatic carbocycles. The summed E-state index contributed by atoms with van der Waals surface area (Å²) in [6, 6.07) is 14.4. The van der Waals surface area contributed by atoms with Crippen molar-refractivity contribution in [2.75, 3.05) is 0 Å². The first-order chi connectivity index (χ1) is 13.3. The molecule has 3 rings (SSSR count). The van der Waals surface area contributed by atoms with Crippen molar-refractivity contribution in [1.29, 1.82) is 0 Å². The maximum Gasteiger partial charge on any atom is 0.416 e. The van der Waals surface area contributed by atoms with E-state index >= 15 is 0 Å². The van der Waals surface area contributed by atoms with Crippen molar-refractivity contribution in [2.45, 2.75) is 19.1 Å². The first kappa shape index (κ1) is 19.3. The predicted octanol–water partition coefficient (Wildman–Crippen LogP) is 5.40. The molecule has 0 fully saturated rings. The number of terminal acetylenes is 1. The van der Waals surface area contributed by atoms with Crippen LogP contribution in [0.3, 0.4) is 0 Å². The zero-order valence-corrected chi connectivity index (χ0v) is 14.9. The molecule has 0 radical (unpaired) electrons. The van der Waals surface area contributed by atoms with Gasteiger partial charge in [0.2, 0.25) is 0 Å². The molecule has 1 N–H and O–H groups in total. The van der Waals surface area contributed by atoms with Gasteiger partial charge in [-0.05, 0) is 60.8 Å². The number of hydrogen-bond donors (Lipinski definition) is 1. The third-order valence-corrected chi connectivity index (χ3v) is 4.11. The smallest absolute Gasteiger partial charge is 0.416 e. The van der Waals surface area contributed by atoms with Crippen molar-refractivity contribution in [1.82, 2.24) is 5.32 Å². The Labute approximate surface area is 160 Å². The molecule has 6 heteroatoms. The minimum absolute atomic E-state index is 0.283. The molecule has 0 spiro atoms. The van der Waals surface area contributed by atoms with Gasteiger partial charge < -0.3 is 10.1 Å². The van der Waals surface area contributed by atoms with Gasteiger partial charge in [-0.2, -0.15) is 13.2 Å². The van der Waals surface area contributed by atoms with E-state index < -0.39 is 17.8 Å². The molecule has 0 aliphatic rings. The number of ether oxygens (including phenoxy) is 1. The molecule has 0 saturated carbocycles. The van der Waals surface area contributed by atoms with Crippen molar-refractivity contribution in [2.24, 2.45) is 0 Å². The van der Waals surface area contributed by atoms with Crippen LogP contribution in [-0.2, 0) is 6.18 Å². The molecule has 28 heavy (non-hydrogen) atoms. The van der Waals surface area contributed by atoms with Crippen LogP contribution in [0.25, 0.3) is 10.8 Å². The fourth-order valence-electron chi connectivity index (χ4n) is 2.64. The Kier molecular flexibility index (Phi) is 5.27. The first-order valence-electron chi connectivity index (χ1n) is 8.43. The Bertz CT molecular complexity index is 1050. The second-order valence-corrected chi connectivity index (χ2v) is 6.18. The van der Waals surface area contributed by atoms with Crippen molar-refractivity contribution < 1.29 is 22.7 Å². The summed E-state index contributed by atoms with van der Waals surface area (Å²) in [4.78, 5) is 12.2. The molecule has 0 heterocycles. The summed E-state index contributed by atoms with van der Waals surface area (Å²) in [6.45, 7) is 1.70. The molecule has 0 unspecified atom stereocenters. The van der Waals surface area contributed by atoms with E-state index in [9.17, 15) is 18.0 Å². The summed E-state index contributed by atoms with van der Waals surface area (Å²) in [5, 5.41) is 4.17. The van der Waals surface area contributed by atoms with Gasteiger partial charge in [-0.1, -0.05) is 18.1 Å². The predicted molar refractivity (Wildman–Crippen MR) is 101 cm³/mol. The Morgan fingerprint density at radius 1 is 1.11 bits per heavy atom. The highest BCUT2D eigenvalue weighted by molar-refractivity contribution is 6.00. The fraction of sp³-hybridized carbons (Fsp3) is 0.136. The van der Waals surface area contributed by atoms with Crippen molar-refractivity contribution in [3.63, 3.8) is 0 Å². The van der Waals surface area contributed by atoms with E-state index in [1.54, 1.807) is 37.3 Å². The average molecular weight is 383 g/mol. The third-order valence-electron chi connectivity index (χ3n) is 4.11. The number of carbonyl (C=O) groups excluding carboxylic acids is 1. The number of fused-ring (bicyclic) bond motifs is 1. The lowest BCUT2D eigenvalue weighted by Crippen LogP contribution is -2.31. The lowest BCUT2D eigenvalue weighted by atomic mass is 10.1. The number of alkyl halides is 3. The third kappa shape index (κ3) is 4.26. The summed E-state index contributed by atoms with van der Waals surface area (Å²) in [7, 11) is 0. The minimum Gasteiger partial charge on any atom is -0.457 e. The number of carbonyl (C=O) groups is 1. The van der Waals surface area contributed by atoms with E-state index in [1.807, 2.05) is 6.07 Å². The topological polar surface area (TPSA) is 38.3 Å². The van der Waals surface area contributed by atoms with Crippen LogP contribution in [0.2, 0.25) is 0 Å². The van der Waals surface area contributed by atoms with Gasteiger partial charge >= 0.3 is 6.18 Å². The van der Waals surface area contributed by atoms with Crippen LogP contribution >= 0.6 is 0 Å². The van der Waals surface area contributed by atoms with E-state index in [2.05, 4.69) is 11.2 Å². The molecule has 142 valence electrons. The lowest BCUT2D eigenvalue weighted by molar-refractivity contribution is -0.137. The second kappa shape index (κ2) is 7.65. The lowest BCUT2D eigenvalue weighted by Gasteiger charge is -2.12. The average Bonchev–Trinajstić information content (AvgIpc) is 2.67. The molecule has 0 aliphatic heterocycles. The number of rotatable bonds is 4. The molecule has 0 aromatic heterocycles. The molecule has 0 saturated heterocycles. The molecule has 3 aromatic rings. The number of nitrogens with one attached hydrogen (secondary N) is 1. The van der Waals surface area contributed by atoms with Crippen LogP contribution in [0.4, 0.5) is 13.2 Å². The van der Waals surface area contributed by atoms with Gasteiger partial charge in [-0.15, -0.1) is 6.42 Å². The van der Waals surface area contributed by atoms with Crippen molar-refractivity contribution in [3.8, 4) is 23.8 Å². The maximum absolute atomic E-state index is 12.7. The van der Waals surface area contributed by atoms with Crippen LogP contribution < -0.4 is 10.1 Å². The minimum atomic E-state index is -4.40. The zero-order valence-electron chi connectivity index (χ0n) is 14.9. The van der Waals surface area contributed by atoms with Gasteiger partial charge in [0.25, 0.3) is 5.91 Å². The van der Waals surface area contributed by atoms with E-state index in [4.69, 9.17) is 11.2 Å². The summed E-state index contributed by atoms with van der Waals surface area (Å²) in [5.74, 6) is 2.90. The van der Waals surface area contributed by atoms with Crippen LogP contribution in [-0.4, -0.2) is 11.9 Å². The number of hydrogen-bond acceptors (Lipinski definition) is 2. The Balaban J connectivity index is 1.87. The Hall–Kier alpha value is -3.46. The van der Waals surface area contributed by atoms with Crippen LogP contribution in [0.1, 0.15) is 22.8 Å². The van der Waals surface area contributed by atoms with Gasteiger partial charge in [-0.25, -0.2) is 0 Å². The molecular formula is C22H16F3NO2. The quantitative estimate of drug-likeness (QED) is 0.613. The van der Waals surface area contributed by atoms with E-state index in [-0.39, 0.29) is 11.7 Å². The zero-order chi connectivity index (χ0) is 20.3. The molecule has 1 atom stereocenters. The number of amides is 1. The molecule has 0 bridgehead atoms. The Morgan fingerprint density at radius 2 is 1.82 bits per heavy atom. The number of halogens is 3. The van der Waals surface area contributed by atoms with Crippen LogP contribution in [0.15, 0.2) is 60.7 Å². The molecule has 0 aliphatic carbocycles. The molecule has 3 nitrogen and oxygen atoms in total. The van der Waals surface area contributed by atoms with Crippen LogP contribution in [0.5, 0.6) is 11.5 Å². The van der Waals surface area contributed by atoms with Gasteiger partial charge in [0.05, 0.1) is 11.6 Å². The maximum atomic E-state index is 12.7. The fourth-order valence-corrected chi connectivity index (χ4v) is 2.64. The monoisotopic (exact) mass is 383 g/mol. The van der Waals surface area contributed by atoms with Crippen molar-refractivity contribution >= 4 is 16.7 Å². The van der Waals surface area contributed by atoms with Crippen molar-refractivity contribution in [3.05, 3.63) is 71.8 Å². The van der Waals surface area contributed by atoms with E-state index in [0.717, 1.165) is 22.9 Å². The molecular weight excluding hydrogens is 367 g/mol. The van der Waals surface area contributed by atoms with Gasteiger partial charge in [0.1, 0.15) is 11.5 Å². The highest BCUT2D eigenvalue weighted by atomic mass is 19.4. The highest BCUT2D eigenvalue weighted by Gasteiger charge is 2.30. The normalized spacial score (nSPS) is 12.2. The van der Waals surface area contributed by atoms with Gasteiger partial charge in [0.15, 0.2) is 0 Å². The summed E-state index contributed by atoms with van der Waals surface area (Å²) >= 11 is 0. The van der Waals surface area contributed by atoms with Crippen LogP contribution in [0, 0.1) is 12.3 Å². The van der Waals surface area contributed by atoms with E-state index in [1.165, 1.54) is 12.1 Å². The van der Waals surface area contributed by atoms with E-state index in [0.29, 0.717) is 11.3 Å².